The number of hydrogen-bond donors (Lipinski definition) is 0. The van der Waals surface area contributed by atoms with Gasteiger partial charge in [-0.3, -0.25) is 19.7 Å². The summed E-state index contributed by atoms with van der Waals surface area (Å²) in [7, 11) is 0. The smallest absolute Gasteiger partial charge is 0.275 e. The van der Waals surface area contributed by atoms with Crippen LogP contribution in [-0.2, 0) is 0 Å². The van der Waals surface area contributed by atoms with Crippen molar-refractivity contribution in [2.75, 3.05) is 4.90 Å². The van der Waals surface area contributed by atoms with Gasteiger partial charge < -0.3 is 4.74 Å². The molecule has 3 aromatic rings. The van der Waals surface area contributed by atoms with Crippen molar-refractivity contribution >= 4 is 34.8 Å². The maximum Gasteiger partial charge on any atom is 0.275 e. The van der Waals surface area contributed by atoms with Crippen molar-refractivity contribution in [1.82, 2.24) is 0 Å². The van der Waals surface area contributed by atoms with Gasteiger partial charge in [0.1, 0.15) is 17.3 Å². The average molecular weight is 413 g/mol. The van der Waals surface area contributed by atoms with E-state index >= 15 is 0 Å². The fourth-order valence-electron chi connectivity index (χ4n) is 2.96. The van der Waals surface area contributed by atoms with Crippen molar-refractivity contribution in [2.45, 2.75) is 0 Å². The minimum Gasteiger partial charge on any atom is -0.457 e. The Bertz CT molecular complexity index is 1160. The average Bonchev–Trinajstić information content (AvgIpc) is 2.95. The van der Waals surface area contributed by atoms with Gasteiger partial charge in [0, 0.05) is 18.2 Å². The standard InChI is InChI=1S/C20H10ClFN2O5/c21-17-10-13(5-6-18(17)22)29-14-8-11(7-12(9-14)24(27)28)23-19(25)15-3-1-2-4-16(15)20(23)26/h1-10H. The first kappa shape index (κ1) is 18.6. The number of ether oxygens (including phenoxy) is 1. The maximum absolute atomic E-state index is 13.3. The van der Waals surface area contributed by atoms with E-state index in [-0.39, 0.29) is 39.0 Å². The van der Waals surface area contributed by atoms with Crippen molar-refractivity contribution in [3.8, 4) is 11.5 Å². The fraction of sp³-hybridized carbons (Fsp3) is 0. The van der Waals surface area contributed by atoms with E-state index in [1.54, 1.807) is 12.1 Å². The second-order valence-corrected chi connectivity index (χ2v) is 6.52. The van der Waals surface area contributed by atoms with Crippen molar-refractivity contribution in [3.63, 3.8) is 0 Å². The van der Waals surface area contributed by atoms with Crippen molar-refractivity contribution < 1.29 is 23.6 Å². The zero-order chi connectivity index (χ0) is 20.7. The lowest BCUT2D eigenvalue weighted by Crippen LogP contribution is -2.29. The summed E-state index contributed by atoms with van der Waals surface area (Å²) >= 11 is 5.73. The Labute approximate surface area is 168 Å². The van der Waals surface area contributed by atoms with Crippen LogP contribution >= 0.6 is 11.6 Å². The summed E-state index contributed by atoms with van der Waals surface area (Å²) in [5.41, 5.74) is 0.00413. The quantitative estimate of drug-likeness (QED) is 0.342. The number of nitrogens with zero attached hydrogens (tertiary/aromatic N) is 2. The third-order valence-corrected chi connectivity index (χ3v) is 4.56. The first-order valence-electron chi connectivity index (χ1n) is 8.25. The van der Waals surface area contributed by atoms with Crippen LogP contribution < -0.4 is 9.64 Å². The number of amides is 2. The lowest BCUT2D eigenvalue weighted by molar-refractivity contribution is -0.384. The van der Waals surface area contributed by atoms with Gasteiger partial charge in [0.25, 0.3) is 17.5 Å². The molecule has 1 aliphatic rings. The molecular weight excluding hydrogens is 403 g/mol. The monoisotopic (exact) mass is 412 g/mol. The maximum atomic E-state index is 13.3. The first-order valence-corrected chi connectivity index (χ1v) is 8.63. The van der Waals surface area contributed by atoms with Gasteiger partial charge in [-0.2, -0.15) is 0 Å². The van der Waals surface area contributed by atoms with Gasteiger partial charge in [0.05, 0.1) is 32.8 Å². The Hall–Kier alpha value is -3.78. The Morgan fingerprint density at radius 1 is 0.931 bits per heavy atom. The lowest BCUT2D eigenvalue weighted by Gasteiger charge is -2.15. The van der Waals surface area contributed by atoms with Crippen molar-refractivity contribution in [3.05, 3.63) is 92.7 Å². The number of anilines is 1. The van der Waals surface area contributed by atoms with Crippen LogP contribution in [0, 0.1) is 15.9 Å². The Balaban J connectivity index is 1.76. The molecule has 0 atom stereocenters. The van der Waals surface area contributed by atoms with E-state index in [1.165, 1.54) is 30.3 Å². The third kappa shape index (κ3) is 3.30. The number of non-ortho nitro benzene ring substituents is 1. The Kier molecular flexibility index (Phi) is 4.48. The van der Waals surface area contributed by atoms with Gasteiger partial charge in [-0.25, -0.2) is 9.29 Å². The number of carbonyl (C=O) groups is 2. The van der Waals surface area contributed by atoms with E-state index in [1.807, 2.05) is 0 Å². The second-order valence-electron chi connectivity index (χ2n) is 6.11. The summed E-state index contributed by atoms with van der Waals surface area (Å²) in [4.78, 5) is 36.9. The minimum absolute atomic E-state index is 0.0198. The van der Waals surface area contributed by atoms with Gasteiger partial charge in [0.15, 0.2) is 0 Å². The molecule has 0 aromatic heterocycles. The predicted octanol–water partition coefficient (Wildman–Crippen LogP) is 4.98. The molecule has 3 aromatic carbocycles. The van der Waals surface area contributed by atoms with Crippen LogP contribution in [0.4, 0.5) is 15.8 Å². The van der Waals surface area contributed by atoms with E-state index in [4.69, 9.17) is 16.3 Å². The lowest BCUT2D eigenvalue weighted by atomic mass is 10.1. The largest absolute Gasteiger partial charge is 0.457 e. The van der Waals surface area contributed by atoms with Gasteiger partial charge in [0.2, 0.25) is 0 Å². The molecule has 1 heterocycles. The number of hydrogen-bond acceptors (Lipinski definition) is 5. The van der Waals surface area contributed by atoms with E-state index in [0.717, 1.165) is 23.1 Å². The molecule has 0 spiro atoms. The normalized spacial score (nSPS) is 12.8. The summed E-state index contributed by atoms with van der Waals surface area (Å²) < 4.78 is 18.9. The molecule has 4 rings (SSSR count). The number of carbonyl (C=O) groups excluding carboxylic acids is 2. The fourth-order valence-corrected chi connectivity index (χ4v) is 3.13. The topological polar surface area (TPSA) is 89.8 Å². The molecule has 9 heteroatoms. The van der Waals surface area contributed by atoms with E-state index < -0.39 is 22.6 Å². The number of imide groups is 1. The molecule has 1 aliphatic heterocycles. The molecule has 0 unspecified atom stereocenters. The van der Waals surface area contributed by atoms with Crippen LogP contribution in [0.15, 0.2) is 60.7 Å². The summed E-state index contributed by atoms with van der Waals surface area (Å²) in [5, 5.41) is 11.2. The molecular formula is C20H10ClFN2O5. The van der Waals surface area contributed by atoms with E-state index in [0.29, 0.717) is 0 Å². The molecule has 0 bridgehead atoms. The van der Waals surface area contributed by atoms with Crippen LogP contribution in [0.1, 0.15) is 20.7 Å². The Morgan fingerprint density at radius 3 is 2.17 bits per heavy atom. The molecule has 0 fully saturated rings. The molecule has 0 aliphatic carbocycles. The summed E-state index contributed by atoms with van der Waals surface area (Å²) in [6.07, 6.45) is 0. The number of nitro groups is 1. The van der Waals surface area contributed by atoms with Gasteiger partial charge >= 0.3 is 0 Å². The summed E-state index contributed by atoms with van der Waals surface area (Å²) in [6.45, 7) is 0. The highest BCUT2D eigenvalue weighted by molar-refractivity contribution is 6.34. The SMILES string of the molecule is O=C1c2ccccc2C(=O)N1c1cc(Oc2ccc(F)c(Cl)c2)cc([N+](=O)[O-])c1. The third-order valence-electron chi connectivity index (χ3n) is 4.27. The molecule has 0 saturated carbocycles. The van der Waals surface area contributed by atoms with Crippen molar-refractivity contribution in [2.24, 2.45) is 0 Å². The van der Waals surface area contributed by atoms with Gasteiger partial charge in [-0.1, -0.05) is 23.7 Å². The zero-order valence-corrected chi connectivity index (χ0v) is 15.2. The van der Waals surface area contributed by atoms with Gasteiger partial charge in [-0.05, 0) is 24.3 Å². The summed E-state index contributed by atoms with van der Waals surface area (Å²) in [5.74, 6) is -1.73. The van der Waals surface area contributed by atoms with Crippen LogP contribution in [0.25, 0.3) is 0 Å². The van der Waals surface area contributed by atoms with Crippen LogP contribution in [0.2, 0.25) is 5.02 Å². The molecule has 7 nitrogen and oxygen atoms in total. The van der Waals surface area contributed by atoms with Crippen LogP contribution in [0.3, 0.4) is 0 Å². The summed E-state index contributed by atoms with van der Waals surface area (Å²) in [6, 6.07) is 13.4. The highest BCUT2D eigenvalue weighted by Crippen LogP contribution is 2.36. The van der Waals surface area contributed by atoms with Crippen LogP contribution in [-0.4, -0.2) is 16.7 Å². The molecule has 0 saturated heterocycles. The van der Waals surface area contributed by atoms with Crippen LogP contribution in [0.5, 0.6) is 11.5 Å². The minimum atomic E-state index is -0.674. The molecule has 0 radical (unpaired) electrons. The zero-order valence-electron chi connectivity index (χ0n) is 14.5. The second kappa shape index (κ2) is 6.99. The Morgan fingerprint density at radius 2 is 1.59 bits per heavy atom. The number of rotatable bonds is 4. The molecule has 29 heavy (non-hydrogen) atoms. The molecule has 144 valence electrons. The highest BCUT2D eigenvalue weighted by atomic mass is 35.5. The van der Waals surface area contributed by atoms with Gasteiger partial charge in [-0.15, -0.1) is 0 Å². The molecule has 2 amide bonds. The van der Waals surface area contributed by atoms with E-state index in [9.17, 15) is 24.1 Å². The van der Waals surface area contributed by atoms with E-state index in [2.05, 4.69) is 0 Å². The highest BCUT2D eigenvalue weighted by Gasteiger charge is 2.37. The van der Waals surface area contributed by atoms with Crippen molar-refractivity contribution in [1.29, 1.82) is 0 Å². The number of fused-ring (bicyclic) bond motifs is 1. The number of halogens is 2. The first-order chi connectivity index (χ1) is 13.8. The number of benzene rings is 3. The predicted molar refractivity (Wildman–Crippen MR) is 102 cm³/mol. The number of nitro benzene ring substituents is 1. The molecule has 0 N–H and O–H groups in total.